The lowest BCUT2D eigenvalue weighted by molar-refractivity contribution is 0.0790. The lowest BCUT2D eigenvalue weighted by Crippen LogP contribution is -2.54. The van der Waals surface area contributed by atoms with Gasteiger partial charge in [0.25, 0.3) is 0 Å². The third-order valence-corrected chi connectivity index (χ3v) is 4.35. The summed E-state index contributed by atoms with van der Waals surface area (Å²) in [6, 6.07) is 0.612. The van der Waals surface area contributed by atoms with Crippen LogP contribution in [-0.2, 0) is 10.0 Å². The Morgan fingerprint density at radius 3 is 2.27 bits per heavy atom. The summed E-state index contributed by atoms with van der Waals surface area (Å²) in [5.41, 5.74) is 0. The zero-order valence-corrected chi connectivity index (χ0v) is 10.7. The lowest BCUT2D eigenvalue weighted by atomic mass is 10.0. The quantitative estimate of drug-likeness (QED) is 0.802. The van der Waals surface area contributed by atoms with Gasteiger partial charge >= 0.3 is 0 Å². The molecule has 2 unspecified atom stereocenters. The number of sulfonamides is 1. The molecule has 0 aliphatic carbocycles. The van der Waals surface area contributed by atoms with Crippen molar-refractivity contribution >= 4 is 10.0 Å². The van der Waals surface area contributed by atoms with Gasteiger partial charge < -0.3 is 0 Å². The second-order valence-corrected chi connectivity index (χ2v) is 6.27. The van der Waals surface area contributed by atoms with E-state index in [4.69, 9.17) is 0 Å². The average Bonchev–Trinajstić information content (AvgIpc) is 2.11. The van der Waals surface area contributed by atoms with E-state index in [0.29, 0.717) is 18.5 Å². The van der Waals surface area contributed by atoms with Gasteiger partial charge in [0.2, 0.25) is 10.0 Å². The van der Waals surface area contributed by atoms with Crippen molar-refractivity contribution in [1.29, 1.82) is 0 Å². The summed E-state index contributed by atoms with van der Waals surface area (Å²) in [6.07, 6.45) is 3.98. The number of hydrogen-bond donors (Lipinski definition) is 1. The maximum atomic E-state index is 11.6. The van der Waals surface area contributed by atoms with Crippen molar-refractivity contribution in [3.05, 3.63) is 0 Å². The minimum atomic E-state index is -3.12. The summed E-state index contributed by atoms with van der Waals surface area (Å²) in [7, 11) is -3.12. The maximum Gasteiger partial charge on any atom is 0.224 e. The minimum Gasteiger partial charge on any atom is -0.225 e. The third kappa shape index (κ3) is 3.74. The van der Waals surface area contributed by atoms with E-state index in [1.807, 2.05) is 11.9 Å². The highest BCUT2D eigenvalue weighted by atomic mass is 32.2. The van der Waals surface area contributed by atoms with Crippen molar-refractivity contribution in [2.75, 3.05) is 5.75 Å². The van der Waals surface area contributed by atoms with Crippen LogP contribution in [0.1, 0.15) is 46.5 Å². The van der Waals surface area contributed by atoms with Crippen LogP contribution in [0, 0.1) is 0 Å². The van der Waals surface area contributed by atoms with Crippen LogP contribution in [0.4, 0.5) is 0 Å². The zero-order valence-electron chi connectivity index (χ0n) is 9.86. The van der Waals surface area contributed by atoms with E-state index in [2.05, 4.69) is 18.7 Å². The molecule has 1 rings (SSSR count). The van der Waals surface area contributed by atoms with Crippen molar-refractivity contribution < 1.29 is 8.42 Å². The summed E-state index contributed by atoms with van der Waals surface area (Å²) in [4.78, 5) is 2.70. The molecule has 1 fully saturated rings. The van der Waals surface area contributed by atoms with Gasteiger partial charge in [-0.1, -0.05) is 13.3 Å². The predicted octanol–water partition coefficient (Wildman–Crippen LogP) is 1.49. The summed E-state index contributed by atoms with van der Waals surface area (Å²) < 4.78 is 23.3. The van der Waals surface area contributed by atoms with Crippen LogP contribution in [0.5, 0.6) is 0 Å². The molecule has 90 valence electrons. The molecule has 1 aliphatic heterocycles. The highest BCUT2D eigenvalue weighted by molar-refractivity contribution is 7.89. The lowest BCUT2D eigenvalue weighted by Gasteiger charge is -2.38. The first-order valence-electron chi connectivity index (χ1n) is 5.74. The Labute approximate surface area is 93.1 Å². The van der Waals surface area contributed by atoms with Gasteiger partial charge in [0.05, 0.1) is 5.75 Å². The molecule has 2 atom stereocenters. The van der Waals surface area contributed by atoms with Crippen LogP contribution in [0.25, 0.3) is 0 Å². The highest BCUT2D eigenvalue weighted by Crippen LogP contribution is 2.20. The molecule has 0 spiro atoms. The van der Waals surface area contributed by atoms with E-state index in [1.165, 1.54) is 6.42 Å². The fourth-order valence-corrected chi connectivity index (χ4v) is 3.39. The summed E-state index contributed by atoms with van der Waals surface area (Å²) in [5.74, 6) is 0.211. The Morgan fingerprint density at radius 1 is 1.27 bits per heavy atom. The smallest absolute Gasteiger partial charge is 0.224 e. The Morgan fingerprint density at radius 2 is 1.80 bits per heavy atom. The number of hydrazine groups is 1. The SMILES string of the molecule is CCCS(=O)(=O)NN1C(C)CCCC1C. The van der Waals surface area contributed by atoms with Crippen LogP contribution in [0.2, 0.25) is 0 Å². The fourth-order valence-electron chi connectivity index (χ4n) is 2.08. The molecule has 0 radical (unpaired) electrons. The Hall–Kier alpha value is -0.130. The van der Waals surface area contributed by atoms with Crippen LogP contribution in [-0.4, -0.2) is 31.3 Å². The largest absolute Gasteiger partial charge is 0.225 e. The first-order valence-corrected chi connectivity index (χ1v) is 7.40. The number of nitrogens with one attached hydrogen (secondary N) is 1. The van der Waals surface area contributed by atoms with E-state index < -0.39 is 10.0 Å². The molecule has 0 aromatic rings. The van der Waals surface area contributed by atoms with Gasteiger partial charge in [0.1, 0.15) is 0 Å². The first kappa shape index (κ1) is 12.9. The van der Waals surface area contributed by atoms with Crippen LogP contribution >= 0.6 is 0 Å². The van der Waals surface area contributed by atoms with Gasteiger partial charge in [-0.25, -0.2) is 13.4 Å². The van der Waals surface area contributed by atoms with Crippen molar-refractivity contribution in [3.63, 3.8) is 0 Å². The van der Waals surface area contributed by atoms with Gasteiger partial charge in [-0.3, -0.25) is 0 Å². The number of nitrogens with zero attached hydrogens (tertiary/aromatic N) is 1. The fraction of sp³-hybridized carbons (Fsp3) is 1.00. The molecule has 0 saturated carbocycles. The maximum absolute atomic E-state index is 11.6. The average molecular weight is 234 g/mol. The third-order valence-electron chi connectivity index (χ3n) is 2.91. The Bertz CT molecular complexity index is 280. The molecule has 1 saturated heterocycles. The minimum absolute atomic E-state index is 0.211. The Kier molecular flexibility index (Phi) is 4.55. The second kappa shape index (κ2) is 5.27. The normalized spacial score (nSPS) is 29.3. The summed E-state index contributed by atoms with van der Waals surface area (Å²) in [5, 5.41) is 1.90. The van der Waals surface area contributed by atoms with Gasteiger partial charge in [-0.2, -0.15) is 0 Å². The second-order valence-electron chi connectivity index (χ2n) is 4.45. The molecule has 1 aliphatic rings. The number of hydrogen-bond acceptors (Lipinski definition) is 3. The van der Waals surface area contributed by atoms with E-state index in [-0.39, 0.29) is 5.75 Å². The molecule has 0 amide bonds. The van der Waals surface area contributed by atoms with Crippen molar-refractivity contribution in [2.45, 2.75) is 58.5 Å². The van der Waals surface area contributed by atoms with Crippen molar-refractivity contribution in [3.8, 4) is 0 Å². The van der Waals surface area contributed by atoms with Crippen LogP contribution in [0.3, 0.4) is 0 Å². The molecule has 0 bridgehead atoms. The topological polar surface area (TPSA) is 49.4 Å². The van der Waals surface area contributed by atoms with Gasteiger partial charge in [-0.05, 0) is 33.1 Å². The van der Waals surface area contributed by atoms with Crippen LogP contribution in [0.15, 0.2) is 0 Å². The van der Waals surface area contributed by atoms with E-state index in [9.17, 15) is 8.42 Å². The van der Waals surface area contributed by atoms with Crippen molar-refractivity contribution in [2.24, 2.45) is 0 Å². The van der Waals surface area contributed by atoms with E-state index in [1.54, 1.807) is 0 Å². The van der Waals surface area contributed by atoms with Gasteiger partial charge in [-0.15, -0.1) is 4.83 Å². The first-order chi connectivity index (χ1) is 6.96. The molecule has 5 heteroatoms. The molecule has 0 aromatic carbocycles. The molecular weight excluding hydrogens is 212 g/mol. The van der Waals surface area contributed by atoms with Gasteiger partial charge in [0, 0.05) is 12.1 Å². The molecule has 0 aromatic heterocycles. The molecule has 1 N–H and O–H groups in total. The molecule has 15 heavy (non-hydrogen) atoms. The molecule has 4 nitrogen and oxygen atoms in total. The molecular formula is C10H22N2O2S. The van der Waals surface area contributed by atoms with E-state index in [0.717, 1.165) is 12.8 Å². The van der Waals surface area contributed by atoms with E-state index >= 15 is 0 Å². The van der Waals surface area contributed by atoms with Crippen LogP contribution < -0.4 is 4.83 Å². The monoisotopic (exact) mass is 234 g/mol. The summed E-state index contributed by atoms with van der Waals surface area (Å²) >= 11 is 0. The van der Waals surface area contributed by atoms with Gasteiger partial charge in [0.15, 0.2) is 0 Å². The predicted molar refractivity (Wildman–Crippen MR) is 61.8 cm³/mol. The number of rotatable bonds is 4. The summed E-state index contributed by atoms with van der Waals surface area (Å²) in [6.45, 7) is 6.02. The Balaban J connectivity index is 2.62. The standard InChI is InChI=1S/C10H22N2O2S/c1-4-8-15(13,14)11-12-9(2)6-5-7-10(12)3/h9-11H,4-8H2,1-3H3. The zero-order chi connectivity index (χ0) is 11.5. The highest BCUT2D eigenvalue weighted by Gasteiger charge is 2.27. The number of piperidine rings is 1. The molecule has 1 heterocycles. The van der Waals surface area contributed by atoms with Crippen molar-refractivity contribution in [1.82, 2.24) is 9.84 Å².